The predicted octanol–water partition coefficient (Wildman–Crippen LogP) is 5.46. The average molecular weight is 510 g/mol. The van der Waals surface area contributed by atoms with Crippen LogP contribution in [0.5, 0.6) is 0 Å². The summed E-state index contributed by atoms with van der Waals surface area (Å²) >= 11 is 0. The van der Waals surface area contributed by atoms with Crippen LogP contribution in [0.3, 0.4) is 0 Å². The lowest BCUT2D eigenvalue weighted by Crippen LogP contribution is -2.43. The van der Waals surface area contributed by atoms with Crippen molar-refractivity contribution in [2.45, 2.75) is 18.9 Å². The summed E-state index contributed by atoms with van der Waals surface area (Å²) in [6.45, 7) is 0.960. The summed E-state index contributed by atoms with van der Waals surface area (Å²) in [5, 5.41) is 0.927. The van der Waals surface area contributed by atoms with Gasteiger partial charge in [0.25, 0.3) is 0 Å². The summed E-state index contributed by atoms with van der Waals surface area (Å²) in [4.78, 5) is 39.2. The third kappa shape index (κ3) is 3.10. The Hall–Kier alpha value is -5.04. The van der Waals surface area contributed by atoms with Crippen molar-refractivity contribution in [1.29, 1.82) is 0 Å². The minimum absolute atomic E-state index is 0.0330. The molecule has 7 nitrogen and oxygen atoms in total. The van der Waals surface area contributed by atoms with Gasteiger partial charge in [0.2, 0.25) is 5.91 Å². The lowest BCUT2D eigenvalue weighted by Gasteiger charge is -2.33. The Bertz CT molecular complexity index is 2070. The molecule has 0 saturated carbocycles. The molecule has 0 N–H and O–H groups in total. The second-order valence-electron chi connectivity index (χ2n) is 10.1. The lowest BCUT2D eigenvalue weighted by atomic mass is 9.86. The second-order valence-corrected chi connectivity index (χ2v) is 10.1. The molecule has 2 aromatic heterocycles. The summed E-state index contributed by atoms with van der Waals surface area (Å²) < 4.78 is 3.52. The van der Waals surface area contributed by atoms with Gasteiger partial charge >= 0.3 is 5.69 Å². The van der Waals surface area contributed by atoms with Crippen LogP contribution in [0, 0.1) is 0 Å². The molecule has 1 atom stereocenters. The molecule has 4 aromatic carbocycles. The number of carbonyl (C=O) groups is 1. The summed E-state index contributed by atoms with van der Waals surface area (Å²) in [6, 6.07) is 31.5. The summed E-state index contributed by atoms with van der Waals surface area (Å²) in [5.41, 5.74) is 7.49. The molecule has 188 valence electrons. The number of aryl methyl sites for hydroxylation is 1. The molecular weight excluding hydrogens is 486 g/mol. The Morgan fingerprint density at radius 1 is 0.744 bits per heavy atom. The number of hydrogen-bond acceptors (Lipinski definition) is 4. The van der Waals surface area contributed by atoms with E-state index in [0.29, 0.717) is 25.2 Å². The predicted molar refractivity (Wildman–Crippen MR) is 153 cm³/mol. The Balaban J connectivity index is 1.18. The normalized spacial score (nSPS) is 16.0. The molecule has 8 rings (SSSR count). The van der Waals surface area contributed by atoms with Crippen LogP contribution < -0.4 is 10.6 Å². The van der Waals surface area contributed by atoms with Crippen LogP contribution in [-0.4, -0.2) is 32.1 Å². The van der Waals surface area contributed by atoms with Crippen LogP contribution in [0.4, 0.5) is 11.4 Å². The number of fused-ring (bicyclic) bond motifs is 10. The third-order valence-corrected chi connectivity index (χ3v) is 7.93. The van der Waals surface area contributed by atoms with Crippen LogP contribution in [-0.2, 0) is 11.3 Å². The fraction of sp³-hybridized carbons (Fsp3) is 0.125. The van der Waals surface area contributed by atoms with E-state index < -0.39 is 5.92 Å². The standard InChI is InChI=1S/C32H23N5O2/c38-31-28-20-10-1-4-13-23(20)33-29(28)21-11-2-6-15-25(21)35(31)18-9-19-36-26-16-7-3-12-22(26)30-34-24-14-5-8-17-27(24)37(30)32(36)39/h1-8,10-17,28H,9,18-19H2. The van der Waals surface area contributed by atoms with Gasteiger partial charge in [0, 0.05) is 24.0 Å². The highest BCUT2D eigenvalue weighted by molar-refractivity contribution is 6.29. The number of amides is 1. The monoisotopic (exact) mass is 509 g/mol. The van der Waals surface area contributed by atoms with E-state index in [1.807, 2.05) is 107 Å². The molecule has 2 aliphatic rings. The molecule has 4 heterocycles. The van der Waals surface area contributed by atoms with Gasteiger partial charge in [0.1, 0.15) is 5.92 Å². The van der Waals surface area contributed by atoms with Gasteiger partial charge in [-0.25, -0.2) is 14.2 Å². The molecule has 0 saturated heterocycles. The van der Waals surface area contributed by atoms with E-state index in [0.717, 1.165) is 50.1 Å². The van der Waals surface area contributed by atoms with Crippen molar-refractivity contribution >= 4 is 50.6 Å². The molecule has 2 aliphatic heterocycles. The molecule has 0 spiro atoms. The maximum atomic E-state index is 13.9. The zero-order chi connectivity index (χ0) is 26.1. The quantitative estimate of drug-likeness (QED) is 0.317. The highest BCUT2D eigenvalue weighted by Gasteiger charge is 2.42. The molecule has 1 unspecified atom stereocenters. The molecule has 0 fully saturated rings. The van der Waals surface area contributed by atoms with Crippen molar-refractivity contribution in [3.05, 3.63) is 119 Å². The number of rotatable bonds is 4. The van der Waals surface area contributed by atoms with Gasteiger partial charge in [-0.1, -0.05) is 60.7 Å². The fourth-order valence-electron chi connectivity index (χ4n) is 6.20. The van der Waals surface area contributed by atoms with E-state index in [1.54, 1.807) is 4.40 Å². The van der Waals surface area contributed by atoms with E-state index in [2.05, 4.69) is 0 Å². The van der Waals surface area contributed by atoms with Crippen LogP contribution in [0.1, 0.15) is 23.5 Å². The van der Waals surface area contributed by atoms with Crippen LogP contribution in [0.25, 0.3) is 27.6 Å². The molecule has 0 aliphatic carbocycles. The number of benzene rings is 4. The Kier molecular flexibility index (Phi) is 4.64. The van der Waals surface area contributed by atoms with Crippen LogP contribution in [0.15, 0.2) is 107 Å². The zero-order valence-corrected chi connectivity index (χ0v) is 21.0. The zero-order valence-electron chi connectivity index (χ0n) is 21.0. The first-order valence-corrected chi connectivity index (χ1v) is 13.2. The van der Waals surface area contributed by atoms with Gasteiger partial charge in [-0.15, -0.1) is 0 Å². The number of nitrogens with zero attached hydrogens (tertiary/aromatic N) is 5. The highest BCUT2D eigenvalue weighted by atomic mass is 16.2. The van der Waals surface area contributed by atoms with Crippen LogP contribution >= 0.6 is 0 Å². The van der Waals surface area contributed by atoms with Gasteiger partial charge < -0.3 is 4.90 Å². The van der Waals surface area contributed by atoms with Crippen molar-refractivity contribution < 1.29 is 4.79 Å². The minimum atomic E-state index is -0.395. The van der Waals surface area contributed by atoms with Gasteiger partial charge in [0.15, 0.2) is 5.65 Å². The van der Waals surface area contributed by atoms with Crippen molar-refractivity contribution in [2.24, 2.45) is 4.99 Å². The Morgan fingerprint density at radius 3 is 2.41 bits per heavy atom. The minimum Gasteiger partial charge on any atom is -0.311 e. The number of aliphatic imine (C=N–C) groups is 1. The van der Waals surface area contributed by atoms with Crippen molar-refractivity contribution in [2.75, 3.05) is 11.4 Å². The third-order valence-electron chi connectivity index (χ3n) is 7.93. The lowest BCUT2D eigenvalue weighted by molar-refractivity contribution is -0.118. The van der Waals surface area contributed by atoms with Gasteiger partial charge in [0.05, 0.1) is 33.6 Å². The van der Waals surface area contributed by atoms with Crippen molar-refractivity contribution in [1.82, 2.24) is 14.0 Å². The second kappa shape index (κ2) is 8.23. The number of para-hydroxylation sites is 5. The molecule has 39 heavy (non-hydrogen) atoms. The summed E-state index contributed by atoms with van der Waals surface area (Å²) in [6.07, 6.45) is 0.614. The Morgan fingerprint density at radius 2 is 1.49 bits per heavy atom. The van der Waals surface area contributed by atoms with E-state index in [-0.39, 0.29) is 11.6 Å². The molecular formula is C32H23N5O2. The van der Waals surface area contributed by atoms with E-state index in [1.165, 1.54) is 0 Å². The topological polar surface area (TPSA) is 72.0 Å². The number of hydrogen-bond donors (Lipinski definition) is 0. The van der Waals surface area contributed by atoms with Gasteiger partial charge in [-0.3, -0.25) is 14.4 Å². The van der Waals surface area contributed by atoms with E-state index in [9.17, 15) is 9.59 Å². The van der Waals surface area contributed by atoms with E-state index in [4.69, 9.17) is 9.98 Å². The average Bonchev–Trinajstić information content (AvgIpc) is 3.56. The molecule has 1 amide bonds. The number of aromatic nitrogens is 3. The maximum Gasteiger partial charge on any atom is 0.334 e. The number of anilines is 1. The number of imidazole rings is 1. The van der Waals surface area contributed by atoms with Crippen molar-refractivity contribution in [3.63, 3.8) is 0 Å². The first-order valence-electron chi connectivity index (χ1n) is 13.2. The maximum absolute atomic E-state index is 13.9. The molecule has 0 radical (unpaired) electrons. The van der Waals surface area contributed by atoms with Crippen molar-refractivity contribution in [3.8, 4) is 0 Å². The largest absolute Gasteiger partial charge is 0.334 e. The first-order chi connectivity index (χ1) is 19.2. The van der Waals surface area contributed by atoms with Gasteiger partial charge in [-0.2, -0.15) is 0 Å². The van der Waals surface area contributed by atoms with Gasteiger partial charge in [-0.05, 0) is 48.4 Å². The fourth-order valence-corrected chi connectivity index (χ4v) is 6.20. The highest BCUT2D eigenvalue weighted by Crippen LogP contribution is 2.44. The van der Waals surface area contributed by atoms with E-state index >= 15 is 0 Å². The Labute approximate surface area is 223 Å². The summed E-state index contributed by atoms with van der Waals surface area (Å²) in [7, 11) is 0. The summed E-state index contributed by atoms with van der Waals surface area (Å²) in [5.74, 6) is -0.362. The molecule has 6 aromatic rings. The smallest absolute Gasteiger partial charge is 0.311 e. The first kappa shape index (κ1) is 22.0. The SMILES string of the molecule is O=C1C2C(=Nc3ccccc32)c2ccccc2N1CCCn1c(=O)n2c3ccccc3nc2c2ccccc21. The molecule has 7 heteroatoms. The van der Waals surface area contributed by atoms with Crippen LogP contribution in [0.2, 0.25) is 0 Å². The molecule has 0 bridgehead atoms. The number of carbonyl (C=O) groups excluding carboxylic acids is 1.